The van der Waals surface area contributed by atoms with Crippen molar-refractivity contribution in [3.8, 4) is 11.5 Å². The fraction of sp³-hybridized carbons (Fsp3) is 0.368. The van der Waals surface area contributed by atoms with E-state index in [2.05, 4.69) is 10.3 Å². The number of ether oxygens (including phenoxy) is 2. The molecule has 3 rings (SSSR count). The van der Waals surface area contributed by atoms with E-state index in [1.54, 1.807) is 17.3 Å². The molecule has 1 aliphatic heterocycles. The number of anilines is 1. The third-order valence-electron chi connectivity index (χ3n) is 4.05. The van der Waals surface area contributed by atoms with Gasteiger partial charge in [0.25, 0.3) is 0 Å². The van der Waals surface area contributed by atoms with Gasteiger partial charge in [0.2, 0.25) is 0 Å². The van der Waals surface area contributed by atoms with Crippen LogP contribution < -0.4 is 14.8 Å². The molecular weight excluding hydrogens is 318 g/mol. The Morgan fingerprint density at radius 1 is 1.28 bits per heavy atom. The summed E-state index contributed by atoms with van der Waals surface area (Å²) in [5, 5.41) is 2.95. The Morgan fingerprint density at radius 3 is 2.88 bits per heavy atom. The van der Waals surface area contributed by atoms with Crippen molar-refractivity contribution in [3.05, 3.63) is 48.8 Å². The molecule has 1 atom stereocenters. The van der Waals surface area contributed by atoms with Crippen molar-refractivity contribution in [2.75, 3.05) is 25.0 Å². The van der Waals surface area contributed by atoms with E-state index in [9.17, 15) is 4.79 Å². The van der Waals surface area contributed by atoms with Crippen molar-refractivity contribution in [1.29, 1.82) is 0 Å². The van der Waals surface area contributed by atoms with Crippen LogP contribution in [-0.2, 0) is 0 Å². The molecule has 0 bridgehead atoms. The standard InChI is InChI=1S/C19H23N3O3/c1-2-24-18-8-4-3-7-17(18)21-19(23)22-13-5-6-16(14-22)25-15-9-11-20-12-10-15/h3-4,7-12,16H,2,5-6,13-14H2,1H3,(H,21,23)/t16-/m0/s1. The lowest BCUT2D eigenvalue weighted by Crippen LogP contribution is -2.46. The number of para-hydroxylation sites is 2. The predicted octanol–water partition coefficient (Wildman–Crippen LogP) is 3.56. The molecule has 2 aromatic rings. The Balaban J connectivity index is 1.60. The molecule has 2 heterocycles. The second kappa shape index (κ2) is 8.37. The van der Waals surface area contributed by atoms with Crippen molar-refractivity contribution in [3.63, 3.8) is 0 Å². The molecule has 0 spiro atoms. The number of rotatable bonds is 5. The van der Waals surface area contributed by atoms with E-state index in [-0.39, 0.29) is 12.1 Å². The highest BCUT2D eigenvalue weighted by molar-refractivity contribution is 5.91. The van der Waals surface area contributed by atoms with Crippen LogP contribution in [-0.4, -0.2) is 41.7 Å². The number of nitrogens with one attached hydrogen (secondary N) is 1. The second-order valence-corrected chi connectivity index (χ2v) is 5.87. The Hall–Kier alpha value is -2.76. The first-order valence-corrected chi connectivity index (χ1v) is 8.60. The number of amides is 2. The van der Waals surface area contributed by atoms with Crippen molar-refractivity contribution in [2.24, 2.45) is 0 Å². The van der Waals surface area contributed by atoms with Gasteiger partial charge < -0.3 is 19.7 Å². The Kier molecular flexibility index (Phi) is 5.72. The summed E-state index contributed by atoms with van der Waals surface area (Å²) in [6.45, 7) is 3.76. The lowest BCUT2D eigenvalue weighted by Gasteiger charge is -2.33. The molecule has 6 nitrogen and oxygen atoms in total. The molecule has 6 heteroatoms. The van der Waals surface area contributed by atoms with Gasteiger partial charge in [-0.15, -0.1) is 0 Å². The fourth-order valence-corrected chi connectivity index (χ4v) is 2.87. The quantitative estimate of drug-likeness (QED) is 0.903. The van der Waals surface area contributed by atoms with E-state index in [1.807, 2.05) is 43.3 Å². The minimum absolute atomic E-state index is 0.0102. The van der Waals surface area contributed by atoms with Crippen LogP contribution in [0.4, 0.5) is 10.5 Å². The van der Waals surface area contributed by atoms with E-state index in [0.717, 1.165) is 25.1 Å². The van der Waals surface area contributed by atoms with Gasteiger partial charge in [-0.1, -0.05) is 12.1 Å². The molecule has 132 valence electrons. The largest absolute Gasteiger partial charge is 0.492 e. The van der Waals surface area contributed by atoms with Crippen LogP contribution in [0, 0.1) is 0 Å². The average Bonchev–Trinajstić information content (AvgIpc) is 2.64. The maximum atomic E-state index is 12.6. The van der Waals surface area contributed by atoms with Crippen LogP contribution >= 0.6 is 0 Å². The second-order valence-electron chi connectivity index (χ2n) is 5.87. The molecule has 0 saturated carbocycles. The number of likely N-dealkylation sites (tertiary alicyclic amines) is 1. The molecule has 1 N–H and O–H groups in total. The Bertz CT molecular complexity index is 693. The summed E-state index contributed by atoms with van der Waals surface area (Å²) in [6.07, 6.45) is 5.24. The van der Waals surface area contributed by atoms with Crippen LogP contribution in [0.5, 0.6) is 11.5 Å². The van der Waals surface area contributed by atoms with E-state index < -0.39 is 0 Å². The van der Waals surface area contributed by atoms with Gasteiger partial charge in [0, 0.05) is 18.9 Å². The lowest BCUT2D eigenvalue weighted by molar-refractivity contribution is 0.106. The normalized spacial score (nSPS) is 17.0. The van der Waals surface area contributed by atoms with Crippen LogP contribution in [0.15, 0.2) is 48.8 Å². The van der Waals surface area contributed by atoms with Crippen molar-refractivity contribution >= 4 is 11.7 Å². The number of hydrogen-bond donors (Lipinski definition) is 1. The Labute approximate surface area is 147 Å². The number of pyridine rings is 1. The number of nitrogens with zero attached hydrogens (tertiary/aromatic N) is 2. The summed E-state index contributed by atoms with van der Waals surface area (Å²) in [6, 6.07) is 11.0. The molecule has 1 aromatic heterocycles. The third kappa shape index (κ3) is 4.62. The van der Waals surface area contributed by atoms with Gasteiger partial charge in [-0.05, 0) is 44.0 Å². The summed E-state index contributed by atoms with van der Waals surface area (Å²) in [5.74, 6) is 1.46. The zero-order valence-electron chi connectivity index (χ0n) is 14.4. The number of carbonyl (C=O) groups is 1. The first-order chi connectivity index (χ1) is 12.3. The van der Waals surface area contributed by atoms with Gasteiger partial charge in [0.05, 0.1) is 18.8 Å². The summed E-state index contributed by atoms with van der Waals surface area (Å²) in [7, 11) is 0. The minimum Gasteiger partial charge on any atom is -0.492 e. The zero-order chi connectivity index (χ0) is 17.5. The van der Waals surface area contributed by atoms with Gasteiger partial charge in [-0.3, -0.25) is 4.98 Å². The summed E-state index contributed by atoms with van der Waals surface area (Å²) < 4.78 is 11.5. The lowest BCUT2D eigenvalue weighted by atomic mass is 10.1. The van der Waals surface area contributed by atoms with Gasteiger partial charge in [0.15, 0.2) is 0 Å². The molecule has 25 heavy (non-hydrogen) atoms. The zero-order valence-corrected chi connectivity index (χ0v) is 14.4. The highest BCUT2D eigenvalue weighted by Gasteiger charge is 2.25. The molecule has 2 amide bonds. The van der Waals surface area contributed by atoms with Crippen LogP contribution in [0.25, 0.3) is 0 Å². The molecule has 0 unspecified atom stereocenters. The number of benzene rings is 1. The highest BCUT2D eigenvalue weighted by atomic mass is 16.5. The molecule has 0 radical (unpaired) electrons. The number of carbonyl (C=O) groups excluding carboxylic acids is 1. The third-order valence-corrected chi connectivity index (χ3v) is 4.05. The fourth-order valence-electron chi connectivity index (χ4n) is 2.87. The van der Waals surface area contributed by atoms with Crippen LogP contribution in [0.3, 0.4) is 0 Å². The van der Waals surface area contributed by atoms with Gasteiger partial charge in [-0.25, -0.2) is 4.79 Å². The van der Waals surface area contributed by atoms with Crippen molar-refractivity contribution in [2.45, 2.75) is 25.9 Å². The van der Waals surface area contributed by atoms with E-state index in [1.165, 1.54) is 0 Å². The van der Waals surface area contributed by atoms with Crippen LogP contribution in [0.2, 0.25) is 0 Å². The highest BCUT2D eigenvalue weighted by Crippen LogP contribution is 2.25. The van der Waals surface area contributed by atoms with Gasteiger partial charge >= 0.3 is 6.03 Å². The first-order valence-electron chi connectivity index (χ1n) is 8.60. The first kappa shape index (κ1) is 17.1. The summed E-state index contributed by atoms with van der Waals surface area (Å²) in [4.78, 5) is 18.4. The van der Waals surface area contributed by atoms with E-state index in [4.69, 9.17) is 9.47 Å². The van der Waals surface area contributed by atoms with Crippen molar-refractivity contribution < 1.29 is 14.3 Å². The van der Waals surface area contributed by atoms with Crippen molar-refractivity contribution in [1.82, 2.24) is 9.88 Å². The molecule has 1 fully saturated rings. The number of aromatic nitrogens is 1. The average molecular weight is 341 g/mol. The SMILES string of the molecule is CCOc1ccccc1NC(=O)N1CCC[C@H](Oc2ccncc2)C1. The molecule has 0 aliphatic carbocycles. The van der Waals surface area contributed by atoms with Gasteiger partial charge in [-0.2, -0.15) is 0 Å². The summed E-state index contributed by atoms with van der Waals surface area (Å²) >= 11 is 0. The minimum atomic E-state index is -0.129. The molecular formula is C19H23N3O3. The number of hydrogen-bond acceptors (Lipinski definition) is 4. The molecule has 1 saturated heterocycles. The topological polar surface area (TPSA) is 63.7 Å². The number of urea groups is 1. The van der Waals surface area contributed by atoms with E-state index >= 15 is 0 Å². The maximum absolute atomic E-state index is 12.6. The summed E-state index contributed by atoms with van der Waals surface area (Å²) in [5.41, 5.74) is 0.687. The molecule has 1 aliphatic rings. The monoisotopic (exact) mass is 341 g/mol. The smallest absolute Gasteiger partial charge is 0.322 e. The van der Waals surface area contributed by atoms with E-state index in [0.29, 0.717) is 24.6 Å². The predicted molar refractivity (Wildman–Crippen MR) is 96.1 cm³/mol. The molecule has 1 aromatic carbocycles. The van der Waals surface area contributed by atoms with Gasteiger partial charge in [0.1, 0.15) is 17.6 Å². The Morgan fingerprint density at radius 2 is 2.08 bits per heavy atom. The number of piperidine rings is 1. The maximum Gasteiger partial charge on any atom is 0.322 e. The van der Waals surface area contributed by atoms with Crippen LogP contribution in [0.1, 0.15) is 19.8 Å².